The average molecular weight is 305 g/mol. The Kier molecular flexibility index (Phi) is 5.28. The van der Waals surface area contributed by atoms with E-state index in [2.05, 4.69) is 9.97 Å². The van der Waals surface area contributed by atoms with E-state index < -0.39 is 6.10 Å². The van der Waals surface area contributed by atoms with Gasteiger partial charge in [0.1, 0.15) is 12.1 Å². The summed E-state index contributed by atoms with van der Waals surface area (Å²) in [4.78, 5) is 20.3. The van der Waals surface area contributed by atoms with Crippen LogP contribution in [-0.4, -0.2) is 21.9 Å². The number of halogens is 1. The van der Waals surface area contributed by atoms with Crippen LogP contribution in [-0.2, 0) is 0 Å². The first-order chi connectivity index (χ1) is 10.1. The largest absolute Gasteiger partial charge is 0.482 e. The third-order valence-electron chi connectivity index (χ3n) is 2.91. The van der Waals surface area contributed by atoms with Crippen LogP contribution >= 0.6 is 11.6 Å². The maximum Gasteiger partial charge on any atom is 0.206 e. The van der Waals surface area contributed by atoms with Crippen molar-refractivity contribution in [2.75, 3.05) is 0 Å². The monoisotopic (exact) mass is 304 g/mol. The molecule has 0 saturated carbocycles. The average Bonchev–Trinajstić information content (AvgIpc) is 2.48. The maximum absolute atomic E-state index is 12.5. The van der Waals surface area contributed by atoms with Crippen LogP contribution in [0.15, 0.2) is 43.0 Å². The first-order valence-corrected chi connectivity index (χ1v) is 7.15. The molecular weight excluding hydrogens is 288 g/mol. The summed E-state index contributed by atoms with van der Waals surface area (Å²) in [6, 6.07) is 6.98. The fourth-order valence-electron chi connectivity index (χ4n) is 1.93. The number of hydrogen-bond donors (Lipinski definition) is 0. The number of carbonyl (C=O) groups is 1. The molecule has 0 spiro atoms. The third kappa shape index (κ3) is 4.53. The molecule has 1 aromatic carbocycles. The van der Waals surface area contributed by atoms with E-state index in [1.165, 1.54) is 18.7 Å². The summed E-state index contributed by atoms with van der Waals surface area (Å²) in [5.41, 5.74) is 0.456. The highest BCUT2D eigenvalue weighted by atomic mass is 35.5. The van der Waals surface area contributed by atoms with Crippen molar-refractivity contribution in [2.24, 2.45) is 5.92 Å². The highest BCUT2D eigenvalue weighted by molar-refractivity contribution is 6.30. The van der Waals surface area contributed by atoms with E-state index in [1.807, 2.05) is 13.8 Å². The molecule has 2 aromatic rings. The van der Waals surface area contributed by atoms with E-state index in [-0.39, 0.29) is 5.78 Å². The van der Waals surface area contributed by atoms with Gasteiger partial charge in [-0.1, -0.05) is 25.4 Å². The van der Waals surface area contributed by atoms with Crippen molar-refractivity contribution in [1.82, 2.24) is 9.97 Å². The molecule has 1 aromatic heterocycles. The van der Waals surface area contributed by atoms with Crippen molar-refractivity contribution in [3.8, 4) is 5.75 Å². The predicted molar refractivity (Wildman–Crippen MR) is 81.7 cm³/mol. The molecule has 110 valence electrons. The lowest BCUT2D eigenvalue weighted by Gasteiger charge is -2.19. The fraction of sp³-hybridized carbons (Fsp3) is 0.312. The van der Waals surface area contributed by atoms with Crippen LogP contribution in [0, 0.1) is 5.92 Å². The second kappa shape index (κ2) is 7.18. The van der Waals surface area contributed by atoms with Gasteiger partial charge in [-0.15, -0.1) is 0 Å². The molecule has 2 rings (SSSR count). The number of hydrogen-bond acceptors (Lipinski definition) is 4. The van der Waals surface area contributed by atoms with Crippen molar-refractivity contribution in [3.05, 3.63) is 53.6 Å². The van der Waals surface area contributed by atoms with Gasteiger partial charge in [-0.2, -0.15) is 0 Å². The molecule has 0 aliphatic heterocycles. The van der Waals surface area contributed by atoms with Crippen molar-refractivity contribution in [1.29, 1.82) is 0 Å². The summed E-state index contributed by atoms with van der Waals surface area (Å²) < 4.78 is 5.83. The minimum Gasteiger partial charge on any atom is -0.482 e. The first kappa shape index (κ1) is 15.4. The van der Waals surface area contributed by atoms with E-state index in [9.17, 15) is 4.79 Å². The van der Waals surface area contributed by atoms with Gasteiger partial charge in [-0.25, -0.2) is 9.97 Å². The van der Waals surface area contributed by atoms with Crippen molar-refractivity contribution < 1.29 is 9.53 Å². The fourth-order valence-corrected chi connectivity index (χ4v) is 2.05. The minimum absolute atomic E-state index is 0.112. The quantitative estimate of drug-likeness (QED) is 0.762. The van der Waals surface area contributed by atoms with Crippen LogP contribution in [0.1, 0.15) is 30.6 Å². The number of rotatable bonds is 6. The van der Waals surface area contributed by atoms with Crippen LogP contribution in [0.25, 0.3) is 0 Å². The van der Waals surface area contributed by atoms with Crippen molar-refractivity contribution >= 4 is 17.4 Å². The van der Waals surface area contributed by atoms with Gasteiger partial charge in [0.15, 0.2) is 6.10 Å². The standard InChI is InChI=1S/C16H17ClN2O2/c1-11(2)7-15(16(20)12-8-18-10-19-9-12)21-14-5-3-13(17)4-6-14/h3-6,8-11,15H,7H2,1-2H3. The van der Waals surface area contributed by atoms with Gasteiger partial charge in [0.05, 0.1) is 5.56 Å². The summed E-state index contributed by atoms with van der Waals surface area (Å²) in [6.07, 6.45) is 4.48. The van der Waals surface area contributed by atoms with Crippen LogP contribution in [0.4, 0.5) is 0 Å². The summed E-state index contributed by atoms with van der Waals surface area (Å²) in [5.74, 6) is 0.838. The van der Waals surface area contributed by atoms with Crippen LogP contribution in [0.2, 0.25) is 5.02 Å². The Hall–Kier alpha value is -1.94. The molecule has 1 unspecified atom stereocenters. The second-order valence-electron chi connectivity index (χ2n) is 5.18. The van der Waals surface area contributed by atoms with Gasteiger partial charge in [0, 0.05) is 17.4 Å². The molecule has 0 aliphatic carbocycles. The normalized spacial score (nSPS) is 12.2. The highest BCUT2D eigenvalue weighted by Gasteiger charge is 2.23. The summed E-state index contributed by atoms with van der Waals surface area (Å²) in [7, 11) is 0. The van der Waals surface area contributed by atoms with Crippen LogP contribution in [0.3, 0.4) is 0 Å². The number of Topliss-reactive ketones (excluding diaryl/α,β-unsaturated/α-hetero) is 1. The molecule has 0 bridgehead atoms. The Bertz CT molecular complexity index is 585. The smallest absolute Gasteiger partial charge is 0.206 e. The maximum atomic E-state index is 12.5. The Balaban J connectivity index is 2.18. The van der Waals surface area contributed by atoms with Crippen LogP contribution < -0.4 is 4.74 Å². The molecule has 0 radical (unpaired) electrons. The highest BCUT2D eigenvalue weighted by Crippen LogP contribution is 2.21. The van der Waals surface area contributed by atoms with Crippen LogP contribution in [0.5, 0.6) is 5.75 Å². The number of aromatic nitrogens is 2. The van der Waals surface area contributed by atoms with E-state index in [0.717, 1.165) is 0 Å². The molecule has 0 fully saturated rings. The lowest BCUT2D eigenvalue weighted by Crippen LogP contribution is -2.29. The SMILES string of the molecule is CC(C)CC(Oc1ccc(Cl)cc1)C(=O)c1cncnc1. The summed E-state index contributed by atoms with van der Waals surface area (Å²) >= 11 is 5.85. The third-order valence-corrected chi connectivity index (χ3v) is 3.17. The minimum atomic E-state index is -0.558. The Labute approximate surface area is 129 Å². The van der Waals surface area contributed by atoms with Gasteiger partial charge < -0.3 is 4.74 Å². The van der Waals surface area contributed by atoms with E-state index in [0.29, 0.717) is 28.7 Å². The number of benzene rings is 1. The lowest BCUT2D eigenvalue weighted by atomic mass is 9.99. The molecule has 1 atom stereocenters. The van der Waals surface area contributed by atoms with E-state index in [1.54, 1.807) is 24.3 Å². The van der Waals surface area contributed by atoms with Gasteiger partial charge in [-0.05, 0) is 36.6 Å². The summed E-state index contributed by atoms with van der Waals surface area (Å²) in [6.45, 7) is 4.10. The zero-order valence-corrected chi connectivity index (χ0v) is 12.7. The molecule has 0 aliphatic rings. The van der Waals surface area contributed by atoms with Crippen molar-refractivity contribution in [2.45, 2.75) is 26.4 Å². The van der Waals surface area contributed by atoms with Gasteiger partial charge >= 0.3 is 0 Å². The van der Waals surface area contributed by atoms with E-state index in [4.69, 9.17) is 16.3 Å². The molecule has 4 nitrogen and oxygen atoms in total. The molecule has 21 heavy (non-hydrogen) atoms. The lowest BCUT2D eigenvalue weighted by molar-refractivity contribution is 0.0755. The zero-order valence-electron chi connectivity index (χ0n) is 12.0. The van der Waals surface area contributed by atoms with E-state index >= 15 is 0 Å². The molecule has 5 heteroatoms. The Morgan fingerprint density at radius 2 is 1.81 bits per heavy atom. The first-order valence-electron chi connectivity index (χ1n) is 6.77. The predicted octanol–water partition coefficient (Wildman–Crippen LogP) is 3.81. The van der Waals surface area contributed by atoms with Gasteiger partial charge in [0.25, 0.3) is 0 Å². The topological polar surface area (TPSA) is 52.1 Å². The zero-order chi connectivity index (χ0) is 15.2. The number of carbonyl (C=O) groups excluding carboxylic acids is 1. The summed E-state index contributed by atoms with van der Waals surface area (Å²) in [5, 5.41) is 0.630. The Morgan fingerprint density at radius 3 is 2.38 bits per heavy atom. The number of nitrogens with zero attached hydrogens (tertiary/aromatic N) is 2. The van der Waals surface area contributed by atoms with Gasteiger partial charge in [-0.3, -0.25) is 4.79 Å². The molecule has 0 amide bonds. The number of ketones is 1. The molecular formula is C16H17ClN2O2. The second-order valence-corrected chi connectivity index (χ2v) is 5.62. The van der Waals surface area contributed by atoms with Crippen molar-refractivity contribution in [3.63, 3.8) is 0 Å². The molecule has 1 heterocycles. The molecule has 0 saturated heterocycles. The number of ether oxygens (including phenoxy) is 1. The molecule has 0 N–H and O–H groups in total. The van der Waals surface area contributed by atoms with Gasteiger partial charge in [0.2, 0.25) is 5.78 Å². The Morgan fingerprint density at radius 1 is 1.19 bits per heavy atom.